The molecule has 1 heterocycles. The lowest BCUT2D eigenvalue weighted by molar-refractivity contribution is -0.116. The summed E-state index contributed by atoms with van der Waals surface area (Å²) in [6.45, 7) is 6.18. The number of anilines is 1. The molecule has 0 aliphatic rings. The van der Waals surface area contributed by atoms with Gasteiger partial charge in [0.1, 0.15) is 5.69 Å². The molecule has 7 heteroatoms. The van der Waals surface area contributed by atoms with Crippen LogP contribution in [-0.4, -0.2) is 26.8 Å². The van der Waals surface area contributed by atoms with Crippen molar-refractivity contribution in [3.05, 3.63) is 41.2 Å². The fourth-order valence-electron chi connectivity index (χ4n) is 2.26. The van der Waals surface area contributed by atoms with Crippen LogP contribution in [0.4, 0.5) is 5.69 Å². The van der Waals surface area contributed by atoms with E-state index in [1.165, 1.54) is 4.80 Å². The van der Waals surface area contributed by atoms with Gasteiger partial charge in [0.15, 0.2) is 0 Å². The van der Waals surface area contributed by atoms with Crippen LogP contribution in [0, 0.1) is 12.8 Å². The van der Waals surface area contributed by atoms with Crippen molar-refractivity contribution in [1.29, 1.82) is 0 Å². The average molecular weight is 329 g/mol. The lowest BCUT2D eigenvalue weighted by Crippen LogP contribution is -2.23. The molecule has 0 saturated carbocycles. The van der Waals surface area contributed by atoms with Crippen molar-refractivity contribution in [1.82, 2.24) is 20.3 Å². The van der Waals surface area contributed by atoms with Crippen molar-refractivity contribution < 1.29 is 9.59 Å². The van der Waals surface area contributed by atoms with Gasteiger partial charge >= 0.3 is 0 Å². The zero-order valence-electron chi connectivity index (χ0n) is 14.5. The van der Waals surface area contributed by atoms with Gasteiger partial charge in [0.25, 0.3) is 5.91 Å². The first-order valence-electron chi connectivity index (χ1n) is 7.89. The third-order valence-corrected chi connectivity index (χ3v) is 3.43. The van der Waals surface area contributed by atoms with E-state index in [2.05, 4.69) is 20.8 Å². The highest BCUT2D eigenvalue weighted by Crippen LogP contribution is 2.17. The number of aryl methyl sites for hydroxylation is 2. The molecule has 2 rings (SSSR count). The molecule has 0 saturated heterocycles. The highest BCUT2D eigenvalue weighted by Gasteiger charge is 2.11. The van der Waals surface area contributed by atoms with E-state index >= 15 is 0 Å². The molecular weight excluding hydrogens is 306 g/mol. The number of carbonyl (C=O) groups is 2. The Hall–Kier alpha value is -2.70. The standard InChI is InChI=1S/C17H23N5O2/c1-11(2)7-16(23)20-15-6-5-13(8-12(15)3)17(24)18-9-14-10-19-22(4)21-14/h5-6,8,10-11H,7,9H2,1-4H3,(H,18,24)(H,20,23). The number of nitrogens with one attached hydrogen (secondary N) is 2. The highest BCUT2D eigenvalue weighted by atomic mass is 16.2. The van der Waals surface area contributed by atoms with Gasteiger partial charge in [0.2, 0.25) is 5.91 Å². The van der Waals surface area contributed by atoms with Gasteiger partial charge in [-0.1, -0.05) is 13.8 Å². The molecule has 1 aromatic carbocycles. The molecule has 1 aromatic heterocycles. The predicted octanol–water partition coefficient (Wildman–Crippen LogP) is 2.04. The van der Waals surface area contributed by atoms with E-state index in [4.69, 9.17) is 0 Å². The van der Waals surface area contributed by atoms with E-state index in [0.29, 0.717) is 30.1 Å². The predicted molar refractivity (Wildman–Crippen MR) is 91.4 cm³/mol. The number of benzene rings is 1. The van der Waals surface area contributed by atoms with E-state index in [1.54, 1.807) is 31.4 Å². The number of hydrogen-bond acceptors (Lipinski definition) is 4. The summed E-state index contributed by atoms with van der Waals surface area (Å²) in [6, 6.07) is 5.21. The highest BCUT2D eigenvalue weighted by molar-refractivity contribution is 5.96. The minimum atomic E-state index is -0.191. The smallest absolute Gasteiger partial charge is 0.251 e. The number of hydrogen-bond donors (Lipinski definition) is 2. The molecule has 2 N–H and O–H groups in total. The van der Waals surface area contributed by atoms with Gasteiger partial charge in [0.05, 0.1) is 12.7 Å². The van der Waals surface area contributed by atoms with Gasteiger partial charge in [-0.15, -0.1) is 0 Å². The van der Waals surface area contributed by atoms with Crippen LogP contribution in [0.15, 0.2) is 24.4 Å². The van der Waals surface area contributed by atoms with Crippen molar-refractivity contribution in [2.45, 2.75) is 33.7 Å². The molecule has 2 aromatic rings. The summed E-state index contributed by atoms with van der Waals surface area (Å²) in [6.07, 6.45) is 2.08. The normalized spacial score (nSPS) is 10.7. The van der Waals surface area contributed by atoms with E-state index in [-0.39, 0.29) is 11.8 Å². The number of rotatable bonds is 6. The second kappa shape index (κ2) is 7.72. The van der Waals surface area contributed by atoms with Gasteiger partial charge in [-0.25, -0.2) is 0 Å². The molecule has 0 atom stereocenters. The maximum absolute atomic E-state index is 12.2. The number of amides is 2. The van der Waals surface area contributed by atoms with Crippen LogP contribution in [0.3, 0.4) is 0 Å². The Bertz CT molecular complexity index is 736. The average Bonchev–Trinajstić information content (AvgIpc) is 2.91. The van der Waals surface area contributed by atoms with Crippen molar-refractivity contribution in [3.63, 3.8) is 0 Å². The van der Waals surface area contributed by atoms with Crippen LogP contribution >= 0.6 is 0 Å². The summed E-state index contributed by atoms with van der Waals surface area (Å²) < 4.78 is 0. The SMILES string of the molecule is Cc1cc(C(=O)NCc2cnn(C)n2)ccc1NC(=O)CC(C)C. The van der Waals surface area contributed by atoms with Crippen molar-refractivity contribution in [2.24, 2.45) is 13.0 Å². The van der Waals surface area contributed by atoms with Crippen molar-refractivity contribution in [2.75, 3.05) is 5.32 Å². The summed E-state index contributed by atoms with van der Waals surface area (Å²) in [5.41, 5.74) is 2.81. The van der Waals surface area contributed by atoms with Crippen LogP contribution in [0.1, 0.15) is 41.9 Å². The fourth-order valence-corrected chi connectivity index (χ4v) is 2.26. The molecule has 0 fully saturated rings. The Morgan fingerprint density at radius 1 is 1.29 bits per heavy atom. The summed E-state index contributed by atoms with van der Waals surface area (Å²) in [5.74, 6) is 0.0909. The topological polar surface area (TPSA) is 88.9 Å². The van der Waals surface area contributed by atoms with Crippen LogP contribution in [0.2, 0.25) is 0 Å². The first-order chi connectivity index (χ1) is 11.3. The Labute approximate surface area is 141 Å². The second-order valence-electron chi connectivity index (χ2n) is 6.18. The molecule has 0 bridgehead atoms. The quantitative estimate of drug-likeness (QED) is 0.849. The van der Waals surface area contributed by atoms with Gasteiger partial charge < -0.3 is 10.6 Å². The number of nitrogens with zero attached hydrogens (tertiary/aromatic N) is 3. The summed E-state index contributed by atoms with van der Waals surface area (Å²) in [5, 5.41) is 13.7. The number of aromatic nitrogens is 3. The first-order valence-corrected chi connectivity index (χ1v) is 7.89. The second-order valence-corrected chi connectivity index (χ2v) is 6.18. The number of carbonyl (C=O) groups excluding carboxylic acids is 2. The minimum Gasteiger partial charge on any atom is -0.346 e. The third kappa shape index (κ3) is 4.91. The molecule has 7 nitrogen and oxygen atoms in total. The molecular formula is C17H23N5O2. The Morgan fingerprint density at radius 3 is 2.62 bits per heavy atom. The Morgan fingerprint density at radius 2 is 2.04 bits per heavy atom. The monoisotopic (exact) mass is 329 g/mol. The molecule has 0 aliphatic carbocycles. The van der Waals surface area contributed by atoms with E-state index in [1.807, 2.05) is 20.8 Å². The fraction of sp³-hybridized carbons (Fsp3) is 0.412. The molecule has 24 heavy (non-hydrogen) atoms. The molecule has 0 spiro atoms. The maximum Gasteiger partial charge on any atom is 0.251 e. The van der Waals surface area contributed by atoms with Crippen LogP contribution in [-0.2, 0) is 18.4 Å². The van der Waals surface area contributed by atoms with E-state index in [9.17, 15) is 9.59 Å². The van der Waals surface area contributed by atoms with Crippen LogP contribution < -0.4 is 10.6 Å². The van der Waals surface area contributed by atoms with E-state index in [0.717, 1.165) is 11.3 Å². The van der Waals surface area contributed by atoms with Crippen LogP contribution in [0.5, 0.6) is 0 Å². The molecule has 0 unspecified atom stereocenters. The molecule has 0 radical (unpaired) electrons. The van der Waals surface area contributed by atoms with Gasteiger partial charge in [-0.05, 0) is 36.6 Å². The third-order valence-electron chi connectivity index (χ3n) is 3.43. The van der Waals surface area contributed by atoms with Crippen LogP contribution in [0.25, 0.3) is 0 Å². The Balaban J connectivity index is 1.97. The van der Waals surface area contributed by atoms with Gasteiger partial charge in [-0.2, -0.15) is 15.0 Å². The molecule has 128 valence electrons. The van der Waals surface area contributed by atoms with Gasteiger partial charge in [-0.3, -0.25) is 9.59 Å². The molecule has 0 aliphatic heterocycles. The van der Waals surface area contributed by atoms with Gasteiger partial charge in [0, 0.05) is 24.7 Å². The zero-order chi connectivity index (χ0) is 17.7. The first kappa shape index (κ1) is 17.7. The maximum atomic E-state index is 12.2. The lowest BCUT2D eigenvalue weighted by atomic mass is 10.1. The van der Waals surface area contributed by atoms with Crippen molar-refractivity contribution >= 4 is 17.5 Å². The van der Waals surface area contributed by atoms with E-state index < -0.39 is 0 Å². The minimum absolute atomic E-state index is 0.0204. The summed E-state index contributed by atoms with van der Waals surface area (Å²) in [7, 11) is 1.72. The largest absolute Gasteiger partial charge is 0.346 e. The summed E-state index contributed by atoms with van der Waals surface area (Å²) >= 11 is 0. The zero-order valence-corrected chi connectivity index (χ0v) is 14.5. The Kier molecular flexibility index (Phi) is 5.68. The summed E-state index contributed by atoms with van der Waals surface area (Å²) in [4.78, 5) is 25.5. The molecule has 2 amide bonds. The lowest BCUT2D eigenvalue weighted by Gasteiger charge is -2.11. The van der Waals surface area contributed by atoms with Crippen molar-refractivity contribution in [3.8, 4) is 0 Å².